The molecule has 3 aromatic heterocycles. The first-order valence-electron chi connectivity index (χ1n) is 10.0. The van der Waals surface area contributed by atoms with Crippen molar-refractivity contribution >= 4 is 28.4 Å². The van der Waals surface area contributed by atoms with Gasteiger partial charge in [0, 0.05) is 11.6 Å². The number of hydrogen-bond donors (Lipinski definition) is 0. The van der Waals surface area contributed by atoms with E-state index >= 15 is 0 Å². The van der Waals surface area contributed by atoms with Crippen molar-refractivity contribution < 1.29 is 4.74 Å². The maximum absolute atomic E-state index is 13.0. The lowest BCUT2D eigenvalue weighted by Crippen LogP contribution is -2.23. The van der Waals surface area contributed by atoms with E-state index in [1.165, 1.54) is 6.33 Å². The summed E-state index contributed by atoms with van der Waals surface area (Å²) in [4.78, 5) is 17.5. The zero-order valence-electron chi connectivity index (χ0n) is 17.5. The maximum atomic E-state index is 13.0. The largest absolute Gasteiger partial charge is 0.497 e. The van der Waals surface area contributed by atoms with E-state index in [1.807, 2.05) is 55.5 Å². The van der Waals surface area contributed by atoms with Crippen molar-refractivity contribution in [3.05, 3.63) is 81.5 Å². The highest BCUT2D eigenvalue weighted by molar-refractivity contribution is 6.30. The van der Waals surface area contributed by atoms with Crippen LogP contribution in [0.1, 0.15) is 11.3 Å². The molecule has 0 bridgehead atoms. The van der Waals surface area contributed by atoms with Gasteiger partial charge in [-0.3, -0.25) is 9.36 Å². The maximum Gasteiger partial charge on any atom is 0.283 e. The molecule has 5 aromatic rings. The number of ether oxygens (including phenoxy) is 1. The van der Waals surface area contributed by atoms with Crippen LogP contribution < -0.4 is 10.3 Å². The number of hydrogen-bond acceptors (Lipinski definition) is 6. The van der Waals surface area contributed by atoms with Crippen molar-refractivity contribution in [2.45, 2.75) is 19.9 Å². The SMILES string of the molecule is COc1ccc(CCn2cnc3c(nnc4c(-c5ccc(Cl)cc5)c(C)nn43)c2=O)cc1. The van der Waals surface area contributed by atoms with Crippen LogP contribution in [0.15, 0.2) is 59.7 Å². The Labute approximate surface area is 188 Å². The van der Waals surface area contributed by atoms with Crippen LogP contribution in [0.4, 0.5) is 0 Å². The molecule has 0 saturated carbocycles. The zero-order valence-corrected chi connectivity index (χ0v) is 18.2. The lowest BCUT2D eigenvalue weighted by molar-refractivity contribution is 0.414. The van der Waals surface area contributed by atoms with E-state index in [0.717, 1.165) is 28.1 Å². The van der Waals surface area contributed by atoms with Gasteiger partial charge < -0.3 is 4.74 Å². The monoisotopic (exact) mass is 446 g/mol. The van der Waals surface area contributed by atoms with Crippen LogP contribution in [0.3, 0.4) is 0 Å². The van der Waals surface area contributed by atoms with E-state index in [4.69, 9.17) is 16.3 Å². The standard InChI is InChI=1S/C23H19ClN6O2/c1-14-19(16-5-7-17(24)8-6-16)21-27-26-20-22(30(21)28-14)25-13-29(23(20)31)12-11-15-3-9-18(32-2)10-4-15/h3-10,13H,11-12H2,1-2H3. The third-order valence-electron chi connectivity index (χ3n) is 5.41. The number of fused-ring (bicyclic) bond motifs is 3. The Hall–Kier alpha value is -3.78. The Balaban J connectivity index is 1.52. The Morgan fingerprint density at radius 3 is 2.47 bits per heavy atom. The molecule has 32 heavy (non-hydrogen) atoms. The van der Waals surface area contributed by atoms with Gasteiger partial charge in [-0.1, -0.05) is 35.9 Å². The molecule has 0 spiro atoms. The molecule has 0 radical (unpaired) electrons. The van der Waals surface area contributed by atoms with Gasteiger partial charge in [-0.2, -0.15) is 9.61 Å². The molecule has 0 N–H and O–H groups in total. The van der Waals surface area contributed by atoms with Crippen LogP contribution in [-0.2, 0) is 13.0 Å². The fraction of sp³-hybridized carbons (Fsp3) is 0.174. The van der Waals surface area contributed by atoms with Crippen LogP contribution >= 0.6 is 11.6 Å². The van der Waals surface area contributed by atoms with E-state index in [9.17, 15) is 4.79 Å². The topological polar surface area (TPSA) is 87.2 Å². The van der Waals surface area contributed by atoms with Gasteiger partial charge in [0.1, 0.15) is 12.1 Å². The molecular formula is C23H19ClN6O2. The first-order valence-corrected chi connectivity index (χ1v) is 10.4. The van der Waals surface area contributed by atoms with E-state index in [-0.39, 0.29) is 11.1 Å². The second-order valence-electron chi connectivity index (χ2n) is 7.42. The van der Waals surface area contributed by atoms with Crippen molar-refractivity contribution in [2.75, 3.05) is 7.11 Å². The number of aryl methyl sites for hydroxylation is 3. The molecule has 0 fully saturated rings. The van der Waals surface area contributed by atoms with Gasteiger partial charge in [-0.05, 0) is 48.7 Å². The van der Waals surface area contributed by atoms with Gasteiger partial charge in [0.2, 0.25) is 0 Å². The summed E-state index contributed by atoms with van der Waals surface area (Å²) in [7, 11) is 1.63. The molecule has 3 heterocycles. The molecule has 8 nitrogen and oxygen atoms in total. The van der Waals surface area contributed by atoms with Crippen LogP contribution in [0.5, 0.6) is 5.75 Å². The number of halogens is 1. The Morgan fingerprint density at radius 2 is 1.75 bits per heavy atom. The molecule has 0 unspecified atom stereocenters. The average Bonchev–Trinajstić information content (AvgIpc) is 3.15. The molecule has 0 amide bonds. The minimum absolute atomic E-state index is 0.180. The average molecular weight is 447 g/mol. The smallest absolute Gasteiger partial charge is 0.283 e. The highest BCUT2D eigenvalue weighted by atomic mass is 35.5. The van der Waals surface area contributed by atoms with Crippen LogP contribution in [0.2, 0.25) is 5.02 Å². The van der Waals surface area contributed by atoms with Crippen molar-refractivity contribution in [2.24, 2.45) is 0 Å². The summed E-state index contributed by atoms with van der Waals surface area (Å²) >= 11 is 6.02. The second kappa shape index (κ2) is 8.05. The van der Waals surface area contributed by atoms with Crippen LogP contribution in [0.25, 0.3) is 27.9 Å². The summed E-state index contributed by atoms with van der Waals surface area (Å²) in [5, 5.41) is 13.8. The third kappa shape index (κ3) is 3.48. The van der Waals surface area contributed by atoms with Gasteiger partial charge in [0.05, 0.1) is 18.4 Å². The number of nitrogens with zero attached hydrogens (tertiary/aromatic N) is 6. The Kier molecular flexibility index (Phi) is 5.07. The van der Waals surface area contributed by atoms with E-state index in [2.05, 4.69) is 20.3 Å². The predicted molar refractivity (Wildman–Crippen MR) is 122 cm³/mol. The lowest BCUT2D eigenvalue weighted by atomic mass is 10.1. The zero-order chi connectivity index (χ0) is 22.2. The number of methoxy groups -OCH3 is 1. The van der Waals surface area contributed by atoms with Gasteiger partial charge in [0.15, 0.2) is 16.8 Å². The first kappa shape index (κ1) is 20.1. The molecule has 160 valence electrons. The normalized spacial score (nSPS) is 11.3. The van der Waals surface area contributed by atoms with Crippen molar-refractivity contribution in [3.63, 3.8) is 0 Å². The molecular weight excluding hydrogens is 428 g/mol. The summed E-state index contributed by atoms with van der Waals surface area (Å²) in [6.45, 7) is 2.36. The van der Waals surface area contributed by atoms with E-state index in [1.54, 1.807) is 16.2 Å². The fourth-order valence-electron chi connectivity index (χ4n) is 3.72. The van der Waals surface area contributed by atoms with Crippen molar-refractivity contribution in [3.8, 4) is 16.9 Å². The third-order valence-corrected chi connectivity index (χ3v) is 5.66. The first-order chi connectivity index (χ1) is 15.5. The highest BCUT2D eigenvalue weighted by Gasteiger charge is 2.18. The molecule has 5 rings (SSSR count). The summed E-state index contributed by atoms with van der Waals surface area (Å²) in [6, 6.07) is 15.2. The number of rotatable bonds is 5. The quantitative estimate of drug-likeness (QED) is 0.409. The van der Waals surface area contributed by atoms with E-state index in [0.29, 0.717) is 29.3 Å². The second-order valence-corrected chi connectivity index (χ2v) is 7.85. The number of aromatic nitrogens is 6. The minimum Gasteiger partial charge on any atom is -0.497 e. The number of benzene rings is 2. The summed E-state index contributed by atoms with van der Waals surface area (Å²) < 4.78 is 8.31. The molecule has 0 atom stereocenters. The summed E-state index contributed by atoms with van der Waals surface area (Å²) in [5.74, 6) is 0.796. The highest BCUT2D eigenvalue weighted by Crippen LogP contribution is 2.28. The molecule has 0 aliphatic carbocycles. The summed E-state index contributed by atoms with van der Waals surface area (Å²) in [5.41, 5.74) is 4.46. The summed E-state index contributed by atoms with van der Waals surface area (Å²) in [6.07, 6.45) is 2.21. The molecule has 0 aliphatic heterocycles. The van der Waals surface area contributed by atoms with Crippen LogP contribution in [-0.4, -0.2) is 36.5 Å². The lowest BCUT2D eigenvalue weighted by Gasteiger charge is -2.07. The van der Waals surface area contributed by atoms with Crippen molar-refractivity contribution in [1.29, 1.82) is 0 Å². The Bertz CT molecular complexity index is 1490. The van der Waals surface area contributed by atoms with E-state index < -0.39 is 0 Å². The van der Waals surface area contributed by atoms with Gasteiger partial charge in [0.25, 0.3) is 5.56 Å². The fourth-order valence-corrected chi connectivity index (χ4v) is 3.85. The molecule has 9 heteroatoms. The van der Waals surface area contributed by atoms with Crippen LogP contribution in [0, 0.1) is 6.92 Å². The molecule has 0 aliphatic rings. The Morgan fingerprint density at radius 1 is 1.00 bits per heavy atom. The van der Waals surface area contributed by atoms with Crippen molar-refractivity contribution in [1.82, 2.24) is 29.4 Å². The molecule has 2 aromatic carbocycles. The predicted octanol–water partition coefficient (Wildman–Crippen LogP) is 3.71. The van der Waals surface area contributed by atoms with Gasteiger partial charge in [-0.15, -0.1) is 10.2 Å². The van der Waals surface area contributed by atoms with Gasteiger partial charge >= 0.3 is 0 Å². The van der Waals surface area contributed by atoms with Gasteiger partial charge in [-0.25, -0.2) is 4.98 Å². The molecule has 0 saturated heterocycles. The minimum atomic E-state index is -0.251.